The monoisotopic (exact) mass is 371 g/mol. The van der Waals surface area contributed by atoms with Crippen LogP contribution >= 0.6 is 0 Å². The number of benzene rings is 1. The van der Waals surface area contributed by atoms with E-state index < -0.39 is 0 Å². The summed E-state index contributed by atoms with van der Waals surface area (Å²) < 4.78 is 0. The summed E-state index contributed by atoms with van der Waals surface area (Å²) in [6.45, 7) is 3.30. The molecule has 2 fully saturated rings. The summed E-state index contributed by atoms with van der Waals surface area (Å²) in [5.41, 5.74) is 1.30. The number of guanidine groups is 1. The molecule has 0 bridgehead atoms. The molecule has 1 saturated heterocycles. The van der Waals surface area contributed by atoms with Crippen molar-refractivity contribution in [2.24, 2.45) is 4.99 Å². The van der Waals surface area contributed by atoms with Crippen LogP contribution in [0.2, 0.25) is 0 Å². The predicted octanol–water partition coefficient (Wildman–Crippen LogP) is 1.48. The number of likely N-dealkylation sites (N-methyl/N-ethyl adjacent to an activating group) is 1. The standard InChI is InChI=1S/C21H33N5O/c1-25(2)20(27)16-23-21(22-13-10-17-6-4-3-5-7-17)24-18-11-14-26(15-12-18)19-8-9-19/h3-7,18-19H,8-16H2,1-2H3,(H2,22,23,24). The summed E-state index contributed by atoms with van der Waals surface area (Å²) in [5, 5.41) is 6.97. The van der Waals surface area contributed by atoms with Crippen LogP contribution in [0.15, 0.2) is 35.3 Å². The third-order valence-corrected chi connectivity index (χ3v) is 5.35. The van der Waals surface area contributed by atoms with Crippen LogP contribution in [0, 0.1) is 0 Å². The van der Waals surface area contributed by atoms with E-state index in [-0.39, 0.29) is 12.5 Å². The lowest BCUT2D eigenvalue weighted by Crippen LogP contribution is -2.49. The average Bonchev–Trinajstić information content (AvgIpc) is 3.52. The van der Waals surface area contributed by atoms with E-state index in [1.165, 1.54) is 18.4 Å². The summed E-state index contributed by atoms with van der Waals surface area (Å²) in [6.07, 6.45) is 5.95. The molecule has 1 aliphatic carbocycles. The van der Waals surface area contributed by atoms with Gasteiger partial charge in [-0.15, -0.1) is 0 Å². The van der Waals surface area contributed by atoms with E-state index in [0.717, 1.165) is 50.9 Å². The maximum atomic E-state index is 11.9. The van der Waals surface area contributed by atoms with Gasteiger partial charge in [-0.3, -0.25) is 4.79 Å². The van der Waals surface area contributed by atoms with Gasteiger partial charge in [0.05, 0.1) is 0 Å². The van der Waals surface area contributed by atoms with Gasteiger partial charge in [0.25, 0.3) is 0 Å². The van der Waals surface area contributed by atoms with Gasteiger partial charge in [-0.25, -0.2) is 4.99 Å². The van der Waals surface area contributed by atoms with Crippen LogP contribution in [0.1, 0.15) is 31.2 Å². The first kappa shape index (κ1) is 19.7. The van der Waals surface area contributed by atoms with E-state index in [1.807, 2.05) is 6.07 Å². The van der Waals surface area contributed by atoms with Crippen molar-refractivity contribution in [3.8, 4) is 0 Å². The molecule has 1 aromatic rings. The molecule has 1 saturated carbocycles. The SMILES string of the molecule is CN(C)C(=O)CN=C(NCCc1ccccc1)NC1CCN(C2CC2)CC1. The molecule has 27 heavy (non-hydrogen) atoms. The molecule has 2 aliphatic rings. The highest BCUT2D eigenvalue weighted by molar-refractivity contribution is 5.84. The number of likely N-dealkylation sites (tertiary alicyclic amines) is 1. The van der Waals surface area contributed by atoms with Gasteiger partial charge in [0.15, 0.2) is 5.96 Å². The van der Waals surface area contributed by atoms with Gasteiger partial charge in [-0.2, -0.15) is 0 Å². The minimum Gasteiger partial charge on any atom is -0.356 e. The normalized spacial score (nSPS) is 19.0. The van der Waals surface area contributed by atoms with Crippen LogP contribution in [-0.4, -0.2) is 74.0 Å². The molecule has 0 radical (unpaired) electrons. The maximum absolute atomic E-state index is 11.9. The van der Waals surface area contributed by atoms with E-state index >= 15 is 0 Å². The van der Waals surface area contributed by atoms with Gasteiger partial charge in [0, 0.05) is 45.8 Å². The van der Waals surface area contributed by atoms with Crippen LogP contribution < -0.4 is 10.6 Å². The number of nitrogens with zero attached hydrogens (tertiary/aromatic N) is 3. The minimum atomic E-state index is 0.0164. The van der Waals surface area contributed by atoms with Crippen molar-refractivity contribution >= 4 is 11.9 Å². The van der Waals surface area contributed by atoms with Crippen LogP contribution in [-0.2, 0) is 11.2 Å². The highest BCUT2D eigenvalue weighted by Gasteiger charge is 2.31. The Morgan fingerprint density at radius 2 is 1.85 bits per heavy atom. The topological polar surface area (TPSA) is 60.0 Å². The Bertz CT molecular complexity index is 619. The number of rotatable bonds is 7. The Balaban J connectivity index is 1.50. The Labute approximate surface area is 163 Å². The highest BCUT2D eigenvalue weighted by Crippen LogP contribution is 2.29. The molecular formula is C21H33N5O. The minimum absolute atomic E-state index is 0.0164. The van der Waals surface area contributed by atoms with E-state index in [1.54, 1.807) is 19.0 Å². The Hall–Kier alpha value is -2.08. The zero-order valence-corrected chi connectivity index (χ0v) is 16.7. The Morgan fingerprint density at radius 3 is 2.48 bits per heavy atom. The largest absolute Gasteiger partial charge is 0.356 e. The summed E-state index contributed by atoms with van der Waals surface area (Å²) in [7, 11) is 3.53. The lowest BCUT2D eigenvalue weighted by molar-refractivity contribution is -0.127. The first-order chi connectivity index (χ1) is 13.1. The second-order valence-corrected chi connectivity index (χ2v) is 7.80. The third-order valence-electron chi connectivity index (χ3n) is 5.35. The second kappa shape index (κ2) is 9.74. The average molecular weight is 372 g/mol. The lowest BCUT2D eigenvalue weighted by atomic mass is 10.1. The number of hydrogen-bond donors (Lipinski definition) is 2. The van der Waals surface area contributed by atoms with Gasteiger partial charge >= 0.3 is 0 Å². The van der Waals surface area contributed by atoms with Crippen LogP contribution in [0.3, 0.4) is 0 Å². The quantitative estimate of drug-likeness (QED) is 0.563. The van der Waals surface area contributed by atoms with Crippen LogP contribution in [0.4, 0.5) is 0 Å². The van der Waals surface area contributed by atoms with Crippen molar-refractivity contribution in [1.82, 2.24) is 20.4 Å². The number of nitrogens with one attached hydrogen (secondary N) is 2. The number of aliphatic imine (C=N–C) groups is 1. The highest BCUT2D eigenvalue weighted by atomic mass is 16.2. The molecule has 0 aromatic heterocycles. The molecule has 1 heterocycles. The molecule has 6 nitrogen and oxygen atoms in total. The molecule has 2 N–H and O–H groups in total. The molecule has 0 spiro atoms. The molecule has 0 unspecified atom stereocenters. The van der Waals surface area contributed by atoms with Crippen molar-refractivity contribution in [3.63, 3.8) is 0 Å². The van der Waals surface area contributed by atoms with Crippen molar-refractivity contribution in [2.75, 3.05) is 40.3 Å². The van der Waals surface area contributed by atoms with E-state index in [9.17, 15) is 4.79 Å². The maximum Gasteiger partial charge on any atom is 0.243 e. The molecule has 3 rings (SSSR count). The number of amides is 1. The molecule has 6 heteroatoms. The summed E-state index contributed by atoms with van der Waals surface area (Å²) >= 11 is 0. The first-order valence-corrected chi connectivity index (χ1v) is 10.1. The zero-order chi connectivity index (χ0) is 19.1. The summed E-state index contributed by atoms with van der Waals surface area (Å²) in [4.78, 5) is 20.6. The molecule has 148 valence electrons. The van der Waals surface area contributed by atoms with Crippen LogP contribution in [0.25, 0.3) is 0 Å². The van der Waals surface area contributed by atoms with E-state index in [2.05, 4.69) is 44.8 Å². The number of hydrogen-bond acceptors (Lipinski definition) is 3. The first-order valence-electron chi connectivity index (χ1n) is 10.1. The molecule has 0 atom stereocenters. The van der Waals surface area contributed by atoms with Gasteiger partial charge in [-0.1, -0.05) is 30.3 Å². The van der Waals surface area contributed by atoms with Gasteiger partial charge < -0.3 is 20.4 Å². The van der Waals surface area contributed by atoms with Gasteiger partial charge in [-0.05, 0) is 37.7 Å². The number of carbonyl (C=O) groups is 1. The molecular weight excluding hydrogens is 338 g/mol. The predicted molar refractivity (Wildman–Crippen MR) is 110 cm³/mol. The zero-order valence-electron chi connectivity index (χ0n) is 16.7. The summed E-state index contributed by atoms with van der Waals surface area (Å²) in [6, 6.07) is 11.7. The molecule has 1 aromatic carbocycles. The fourth-order valence-electron chi connectivity index (χ4n) is 3.45. The van der Waals surface area contributed by atoms with Crippen molar-refractivity contribution in [3.05, 3.63) is 35.9 Å². The molecule has 1 amide bonds. The second-order valence-electron chi connectivity index (χ2n) is 7.80. The Kier molecular flexibility index (Phi) is 7.10. The Morgan fingerprint density at radius 1 is 1.15 bits per heavy atom. The van der Waals surface area contributed by atoms with Crippen molar-refractivity contribution < 1.29 is 4.79 Å². The molecule has 1 aliphatic heterocycles. The number of piperidine rings is 1. The van der Waals surface area contributed by atoms with E-state index in [0.29, 0.717) is 6.04 Å². The van der Waals surface area contributed by atoms with E-state index in [4.69, 9.17) is 0 Å². The van der Waals surface area contributed by atoms with Gasteiger partial charge in [0.1, 0.15) is 6.54 Å². The fraction of sp³-hybridized carbons (Fsp3) is 0.619. The van der Waals surface area contributed by atoms with Crippen molar-refractivity contribution in [1.29, 1.82) is 0 Å². The number of carbonyl (C=O) groups excluding carboxylic acids is 1. The fourth-order valence-corrected chi connectivity index (χ4v) is 3.45. The van der Waals surface area contributed by atoms with Crippen LogP contribution in [0.5, 0.6) is 0 Å². The van der Waals surface area contributed by atoms with Gasteiger partial charge in [0.2, 0.25) is 5.91 Å². The smallest absolute Gasteiger partial charge is 0.243 e. The lowest BCUT2D eigenvalue weighted by Gasteiger charge is -2.33. The third kappa shape index (κ3) is 6.54. The summed E-state index contributed by atoms with van der Waals surface area (Å²) in [5.74, 6) is 0.772. The van der Waals surface area contributed by atoms with Crippen molar-refractivity contribution in [2.45, 2.75) is 44.2 Å².